The largest absolute Gasteiger partial charge is 0.507 e. The topological polar surface area (TPSA) is 92.9 Å². The van der Waals surface area contributed by atoms with E-state index in [-0.39, 0.29) is 17.4 Å². The number of rotatable bonds is 5. The maximum Gasteiger partial charge on any atom is 0.236 e. The van der Waals surface area contributed by atoms with E-state index in [0.717, 1.165) is 4.47 Å². The van der Waals surface area contributed by atoms with Crippen molar-refractivity contribution in [3.8, 4) is 17.1 Å². The van der Waals surface area contributed by atoms with Crippen LogP contribution in [0, 0.1) is 0 Å². The van der Waals surface area contributed by atoms with Crippen molar-refractivity contribution in [2.75, 3.05) is 11.1 Å². The lowest BCUT2D eigenvalue weighted by atomic mass is 10.2. The fourth-order valence-electron chi connectivity index (χ4n) is 1.93. The van der Waals surface area contributed by atoms with Crippen molar-refractivity contribution < 1.29 is 9.90 Å². The van der Waals surface area contributed by atoms with Gasteiger partial charge >= 0.3 is 0 Å². The molecule has 2 heterocycles. The van der Waals surface area contributed by atoms with Crippen molar-refractivity contribution >= 4 is 50.1 Å². The number of thiazole rings is 1. The molecule has 0 saturated heterocycles. The molecule has 0 aliphatic rings. The van der Waals surface area contributed by atoms with Gasteiger partial charge in [0.2, 0.25) is 5.91 Å². The van der Waals surface area contributed by atoms with Crippen LogP contribution in [-0.4, -0.2) is 36.5 Å². The van der Waals surface area contributed by atoms with Gasteiger partial charge in [-0.3, -0.25) is 4.79 Å². The van der Waals surface area contributed by atoms with E-state index in [1.807, 2.05) is 0 Å². The molecule has 3 aromatic rings. The number of benzene rings is 1. The van der Waals surface area contributed by atoms with E-state index in [9.17, 15) is 9.90 Å². The number of hydrogen-bond donors (Lipinski definition) is 2. The number of anilines is 1. The summed E-state index contributed by atoms with van der Waals surface area (Å²) in [6, 6.07) is 5.10. The number of amides is 1. The summed E-state index contributed by atoms with van der Waals surface area (Å²) in [5.74, 6) is 0.670. The standard InChI is InChI=1S/C14H12BrN5O2S2/c1-20-12(9-6-8(15)2-3-10(9)21)18-19-14(20)24-7-11(22)17-13-16-4-5-23-13/h2-6,21H,7H2,1H3,(H,16,17,22). The van der Waals surface area contributed by atoms with Gasteiger partial charge in [0.25, 0.3) is 0 Å². The molecule has 0 spiro atoms. The summed E-state index contributed by atoms with van der Waals surface area (Å²) in [6.45, 7) is 0. The highest BCUT2D eigenvalue weighted by molar-refractivity contribution is 9.10. The van der Waals surface area contributed by atoms with Crippen LogP contribution in [-0.2, 0) is 11.8 Å². The number of phenolic OH excluding ortho intramolecular Hbond substituents is 1. The van der Waals surface area contributed by atoms with Crippen LogP contribution in [0.5, 0.6) is 5.75 Å². The van der Waals surface area contributed by atoms with Gasteiger partial charge in [0, 0.05) is 23.1 Å². The first-order valence-electron chi connectivity index (χ1n) is 6.75. The molecule has 0 radical (unpaired) electrons. The summed E-state index contributed by atoms with van der Waals surface area (Å²) >= 11 is 6.00. The zero-order chi connectivity index (χ0) is 17.1. The van der Waals surface area contributed by atoms with Crippen molar-refractivity contribution in [1.29, 1.82) is 0 Å². The molecular weight excluding hydrogens is 414 g/mol. The lowest BCUT2D eigenvalue weighted by Crippen LogP contribution is -2.14. The Morgan fingerprint density at radius 1 is 1.46 bits per heavy atom. The normalized spacial score (nSPS) is 10.8. The van der Waals surface area contributed by atoms with Crippen LogP contribution < -0.4 is 5.32 Å². The van der Waals surface area contributed by atoms with Gasteiger partial charge < -0.3 is 15.0 Å². The summed E-state index contributed by atoms with van der Waals surface area (Å²) < 4.78 is 2.57. The minimum absolute atomic E-state index is 0.117. The zero-order valence-corrected chi connectivity index (χ0v) is 15.7. The Hall–Kier alpha value is -1.91. The zero-order valence-electron chi connectivity index (χ0n) is 12.4. The predicted molar refractivity (Wildman–Crippen MR) is 97.3 cm³/mol. The second kappa shape index (κ2) is 7.32. The highest BCUT2D eigenvalue weighted by Crippen LogP contribution is 2.32. The summed E-state index contributed by atoms with van der Waals surface area (Å²) in [7, 11) is 1.79. The lowest BCUT2D eigenvalue weighted by Gasteiger charge is -2.06. The fraction of sp³-hybridized carbons (Fsp3) is 0.143. The highest BCUT2D eigenvalue weighted by atomic mass is 79.9. The van der Waals surface area contributed by atoms with Gasteiger partial charge in [-0.2, -0.15) is 0 Å². The molecule has 0 bridgehead atoms. The van der Waals surface area contributed by atoms with Crippen molar-refractivity contribution in [3.63, 3.8) is 0 Å². The molecule has 1 aromatic carbocycles. The number of nitrogens with one attached hydrogen (secondary N) is 1. The van der Waals surface area contributed by atoms with Crippen LogP contribution in [0.1, 0.15) is 0 Å². The van der Waals surface area contributed by atoms with Gasteiger partial charge in [-0.05, 0) is 18.2 Å². The van der Waals surface area contributed by atoms with E-state index in [0.29, 0.717) is 21.7 Å². The minimum atomic E-state index is -0.162. The van der Waals surface area contributed by atoms with E-state index >= 15 is 0 Å². The van der Waals surface area contributed by atoms with Crippen LogP contribution in [0.15, 0.2) is 39.4 Å². The third kappa shape index (κ3) is 3.77. The van der Waals surface area contributed by atoms with Crippen molar-refractivity contribution in [1.82, 2.24) is 19.7 Å². The first-order chi connectivity index (χ1) is 11.5. The molecule has 1 amide bonds. The number of aromatic nitrogens is 4. The Labute approximate surface area is 154 Å². The Bertz CT molecular complexity index is 866. The maximum atomic E-state index is 11.9. The average molecular weight is 426 g/mol. The Morgan fingerprint density at radius 3 is 3.04 bits per heavy atom. The molecule has 3 rings (SSSR count). The molecule has 24 heavy (non-hydrogen) atoms. The van der Waals surface area contributed by atoms with Gasteiger partial charge in [0.15, 0.2) is 16.1 Å². The average Bonchev–Trinajstić information content (AvgIpc) is 3.18. The number of halogens is 1. The van der Waals surface area contributed by atoms with Crippen LogP contribution in [0.3, 0.4) is 0 Å². The number of nitrogens with zero attached hydrogens (tertiary/aromatic N) is 4. The number of aromatic hydroxyl groups is 1. The second-order valence-corrected chi connectivity index (χ2v) is 7.45. The third-order valence-corrected chi connectivity index (χ3v) is 5.25. The quantitative estimate of drug-likeness (QED) is 0.609. The van der Waals surface area contributed by atoms with Gasteiger partial charge in [0.05, 0.1) is 11.3 Å². The van der Waals surface area contributed by atoms with E-state index in [4.69, 9.17) is 0 Å². The first kappa shape index (κ1) is 16.9. The summed E-state index contributed by atoms with van der Waals surface area (Å²) in [6.07, 6.45) is 1.63. The number of thioether (sulfide) groups is 1. The Balaban J connectivity index is 1.71. The van der Waals surface area contributed by atoms with Gasteiger partial charge in [-0.15, -0.1) is 21.5 Å². The lowest BCUT2D eigenvalue weighted by molar-refractivity contribution is -0.113. The van der Waals surface area contributed by atoms with Crippen LogP contribution in [0.2, 0.25) is 0 Å². The van der Waals surface area contributed by atoms with Crippen molar-refractivity contribution in [2.24, 2.45) is 7.05 Å². The summed E-state index contributed by atoms with van der Waals surface area (Å²) in [5, 5.41) is 23.9. The van der Waals surface area contributed by atoms with Crippen molar-refractivity contribution in [2.45, 2.75) is 5.16 Å². The Kier molecular flexibility index (Phi) is 5.17. The summed E-state index contributed by atoms with van der Waals surface area (Å²) in [5.41, 5.74) is 0.568. The molecule has 7 nitrogen and oxygen atoms in total. The van der Waals surface area contributed by atoms with Gasteiger partial charge in [-0.1, -0.05) is 27.7 Å². The van der Waals surface area contributed by atoms with Crippen LogP contribution in [0.4, 0.5) is 5.13 Å². The van der Waals surface area contributed by atoms with Crippen LogP contribution in [0.25, 0.3) is 11.4 Å². The number of phenols is 1. The molecular formula is C14H12BrN5O2S2. The molecule has 0 fully saturated rings. The smallest absolute Gasteiger partial charge is 0.236 e. The van der Waals surface area contributed by atoms with Gasteiger partial charge in [-0.25, -0.2) is 4.98 Å². The van der Waals surface area contributed by atoms with E-state index in [1.165, 1.54) is 23.1 Å². The maximum absolute atomic E-state index is 11.9. The monoisotopic (exact) mass is 425 g/mol. The third-order valence-electron chi connectivity index (χ3n) is 3.05. The van der Waals surface area contributed by atoms with Crippen molar-refractivity contribution in [3.05, 3.63) is 34.2 Å². The molecule has 124 valence electrons. The molecule has 0 aliphatic heterocycles. The molecule has 0 atom stereocenters. The summed E-state index contributed by atoms with van der Waals surface area (Å²) in [4.78, 5) is 15.9. The molecule has 0 unspecified atom stereocenters. The van der Waals surface area contributed by atoms with E-state index < -0.39 is 0 Å². The fourth-order valence-corrected chi connectivity index (χ4v) is 3.55. The minimum Gasteiger partial charge on any atom is -0.507 e. The predicted octanol–water partition coefficient (Wildman–Crippen LogP) is 3.14. The highest BCUT2D eigenvalue weighted by Gasteiger charge is 2.16. The molecule has 0 saturated carbocycles. The molecule has 10 heteroatoms. The SMILES string of the molecule is Cn1c(SCC(=O)Nc2nccs2)nnc1-c1cc(Br)ccc1O. The Morgan fingerprint density at radius 2 is 2.29 bits per heavy atom. The molecule has 2 aromatic heterocycles. The van der Waals surface area contributed by atoms with E-state index in [2.05, 4.69) is 36.4 Å². The van der Waals surface area contributed by atoms with Crippen LogP contribution >= 0.6 is 39.0 Å². The van der Waals surface area contributed by atoms with E-state index in [1.54, 1.807) is 41.4 Å². The second-order valence-electron chi connectivity index (χ2n) is 4.70. The first-order valence-corrected chi connectivity index (χ1v) is 9.41. The number of carbonyl (C=O) groups is 1. The van der Waals surface area contributed by atoms with Gasteiger partial charge in [0.1, 0.15) is 5.75 Å². The number of carbonyl (C=O) groups excluding carboxylic acids is 1. The molecule has 0 aliphatic carbocycles. The molecule has 2 N–H and O–H groups in total. The number of hydrogen-bond acceptors (Lipinski definition) is 7.